The Morgan fingerprint density at radius 3 is 2.52 bits per heavy atom. The van der Waals surface area contributed by atoms with Crippen molar-refractivity contribution in [3.63, 3.8) is 0 Å². The van der Waals surface area contributed by atoms with Gasteiger partial charge >= 0.3 is 0 Å². The van der Waals surface area contributed by atoms with E-state index in [9.17, 15) is 22.4 Å². The maximum atomic E-state index is 13.6. The first kappa shape index (κ1) is 20.5. The minimum Gasteiger partial charge on any atom is -0.352 e. The third-order valence-electron chi connectivity index (χ3n) is 4.56. The first-order chi connectivity index (χ1) is 14.8. The summed E-state index contributed by atoms with van der Waals surface area (Å²) in [5.41, 5.74) is 0.778. The van der Waals surface area contributed by atoms with Gasteiger partial charge in [0.1, 0.15) is 11.5 Å². The monoisotopic (exact) mass is 429 g/mol. The summed E-state index contributed by atoms with van der Waals surface area (Å²) in [5, 5.41) is 2.55. The van der Waals surface area contributed by atoms with Crippen LogP contribution in [-0.2, 0) is 4.79 Å². The van der Waals surface area contributed by atoms with E-state index in [4.69, 9.17) is 0 Å². The molecule has 1 amide bonds. The number of amides is 1. The Morgan fingerprint density at radius 2 is 1.81 bits per heavy atom. The number of halogens is 4. The molecule has 0 saturated carbocycles. The van der Waals surface area contributed by atoms with Crippen molar-refractivity contribution in [2.45, 2.75) is 19.8 Å². The summed E-state index contributed by atoms with van der Waals surface area (Å²) >= 11 is 0. The number of carbonyl (C=O) groups excluding carboxylic acids is 1. The van der Waals surface area contributed by atoms with Gasteiger partial charge in [-0.3, -0.25) is 9.78 Å². The Bertz CT molecular complexity index is 1270. The number of anilines is 1. The van der Waals surface area contributed by atoms with Crippen LogP contribution in [0.3, 0.4) is 0 Å². The van der Waals surface area contributed by atoms with Gasteiger partial charge in [-0.15, -0.1) is 0 Å². The number of hydrogen-bond donors (Lipinski definition) is 2. The molecule has 31 heavy (non-hydrogen) atoms. The summed E-state index contributed by atoms with van der Waals surface area (Å²) < 4.78 is 53.7. The molecule has 0 aliphatic rings. The maximum absolute atomic E-state index is 13.6. The normalized spacial score (nSPS) is 11.5. The Labute approximate surface area is 173 Å². The van der Waals surface area contributed by atoms with Crippen molar-refractivity contribution in [2.75, 3.05) is 5.32 Å². The molecule has 4 aromatic heterocycles. The zero-order valence-electron chi connectivity index (χ0n) is 16.0. The zero-order valence-corrected chi connectivity index (χ0v) is 16.0. The third kappa shape index (κ3) is 3.96. The molecule has 0 radical (unpaired) electrons. The van der Waals surface area contributed by atoms with Crippen molar-refractivity contribution < 1.29 is 22.4 Å². The van der Waals surface area contributed by atoms with Gasteiger partial charge in [0, 0.05) is 30.4 Å². The van der Waals surface area contributed by atoms with Crippen molar-refractivity contribution >= 4 is 22.8 Å². The lowest BCUT2D eigenvalue weighted by Crippen LogP contribution is -2.07. The number of nitrogens with one attached hydrogen (secondary N) is 2. The van der Waals surface area contributed by atoms with E-state index in [1.807, 2.05) is 0 Å². The smallest absolute Gasteiger partial charge is 0.280 e. The van der Waals surface area contributed by atoms with Crippen LogP contribution >= 0.6 is 0 Å². The lowest BCUT2D eigenvalue weighted by Gasteiger charge is -2.08. The van der Waals surface area contributed by atoms with Crippen LogP contribution in [0.5, 0.6) is 0 Å². The molecule has 6 nitrogen and oxygen atoms in total. The average Bonchev–Trinajstić information content (AvgIpc) is 3.13. The van der Waals surface area contributed by atoms with E-state index in [2.05, 4.69) is 25.3 Å². The van der Waals surface area contributed by atoms with E-state index in [1.165, 1.54) is 49.6 Å². The molecule has 2 N–H and O–H groups in total. The molecule has 158 valence electrons. The summed E-state index contributed by atoms with van der Waals surface area (Å²) in [6, 6.07) is 8.42. The van der Waals surface area contributed by atoms with E-state index in [0.717, 1.165) is 0 Å². The standard InChI is InChI=1S/C21H15F4N5O/c1-10(31)28-15-9-11(5-7-26-15)17-16(13-3-2-4-14(29-13)21(24)25)19-18(30-17)12(20(22)23)6-8-27-19/h2-9,20-21,30H,1H3,(H,26,28,31). The molecule has 4 aromatic rings. The SMILES string of the molecule is CC(=O)Nc1cc(-c2[nH]c3c(C(F)F)ccnc3c2-c2cccc(C(F)F)n2)ccn1. The van der Waals surface area contributed by atoms with Crippen LogP contribution in [0.15, 0.2) is 48.8 Å². The Hall–Kier alpha value is -3.82. The van der Waals surface area contributed by atoms with Gasteiger partial charge in [-0.25, -0.2) is 27.5 Å². The van der Waals surface area contributed by atoms with Gasteiger partial charge in [-0.1, -0.05) is 6.07 Å². The van der Waals surface area contributed by atoms with Crippen LogP contribution in [0.2, 0.25) is 0 Å². The Kier molecular flexibility index (Phi) is 5.37. The quantitative estimate of drug-likeness (QED) is 0.409. The van der Waals surface area contributed by atoms with Crippen molar-refractivity contribution in [3.05, 3.63) is 60.0 Å². The van der Waals surface area contributed by atoms with Gasteiger partial charge in [-0.05, 0) is 30.3 Å². The lowest BCUT2D eigenvalue weighted by molar-refractivity contribution is -0.114. The molecular weight excluding hydrogens is 414 g/mol. The van der Waals surface area contributed by atoms with E-state index >= 15 is 0 Å². The van der Waals surface area contributed by atoms with E-state index in [-0.39, 0.29) is 34.0 Å². The molecule has 0 aromatic carbocycles. The summed E-state index contributed by atoms with van der Waals surface area (Å²) in [4.78, 5) is 26.6. The highest BCUT2D eigenvalue weighted by molar-refractivity contribution is 6.02. The van der Waals surface area contributed by atoms with Crippen LogP contribution in [0.1, 0.15) is 31.0 Å². The van der Waals surface area contributed by atoms with Crippen molar-refractivity contribution in [2.24, 2.45) is 0 Å². The highest BCUT2D eigenvalue weighted by Gasteiger charge is 2.23. The van der Waals surface area contributed by atoms with Gasteiger partial charge in [0.05, 0.1) is 28.0 Å². The van der Waals surface area contributed by atoms with Crippen molar-refractivity contribution in [3.8, 4) is 22.5 Å². The first-order valence-corrected chi connectivity index (χ1v) is 9.13. The van der Waals surface area contributed by atoms with Crippen molar-refractivity contribution in [1.82, 2.24) is 19.9 Å². The number of aromatic amines is 1. The van der Waals surface area contributed by atoms with Crippen LogP contribution < -0.4 is 5.32 Å². The number of H-pyrrole nitrogens is 1. The minimum absolute atomic E-state index is 0.0737. The first-order valence-electron chi connectivity index (χ1n) is 9.13. The summed E-state index contributed by atoms with van der Waals surface area (Å²) in [5.74, 6) is -0.0968. The largest absolute Gasteiger partial charge is 0.352 e. The van der Waals surface area contributed by atoms with Crippen LogP contribution in [0.25, 0.3) is 33.5 Å². The van der Waals surface area contributed by atoms with Crippen LogP contribution in [-0.4, -0.2) is 25.8 Å². The number of alkyl halides is 4. The third-order valence-corrected chi connectivity index (χ3v) is 4.56. The van der Waals surface area contributed by atoms with Crippen molar-refractivity contribution in [1.29, 1.82) is 0 Å². The second-order valence-electron chi connectivity index (χ2n) is 6.66. The fourth-order valence-corrected chi connectivity index (χ4v) is 3.30. The molecule has 0 fully saturated rings. The summed E-state index contributed by atoms with van der Waals surface area (Å²) in [7, 11) is 0. The number of fused-ring (bicyclic) bond motifs is 1. The minimum atomic E-state index is -2.80. The molecule has 4 rings (SSSR count). The molecule has 0 aliphatic carbocycles. The molecule has 0 bridgehead atoms. The fourth-order valence-electron chi connectivity index (χ4n) is 3.30. The van der Waals surface area contributed by atoms with E-state index in [0.29, 0.717) is 16.8 Å². The molecule has 0 unspecified atom stereocenters. The number of nitrogens with zero attached hydrogens (tertiary/aromatic N) is 3. The molecule has 0 saturated heterocycles. The molecule has 4 heterocycles. The van der Waals surface area contributed by atoms with E-state index < -0.39 is 18.5 Å². The van der Waals surface area contributed by atoms with Gasteiger partial charge < -0.3 is 10.3 Å². The van der Waals surface area contributed by atoms with Crippen LogP contribution in [0.4, 0.5) is 23.4 Å². The van der Waals surface area contributed by atoms with Crippen LogP contribution in [0, 0.1) is 0 Å². The molecular formula is C21H15F4N5O. The highest BCUT2D eigenvalue weighted by Crippen LogP contribution is 2.40. The lowest BCUT2D eigenvalue weighted by atomic mass is 10.0. The summed E-state index contributed by atoms with van der Waals surface area (Å²) in [6.07, 6.45) is -2.92. The maximum Gasteiger partial charge on any atom is 0.280 e. The van der Waals surface area contributed by atoms with Gasteiger partial charge in [0.15, 0.2) is 0 Å². The van der Waals surface area contributed by atoms with Gasteiger partial charge in [0.2, 0.25) is 5.91 Å². The number of pyridine rings is 3. The second-order valence-corrected chi connectivity index (χ2v) is 6.66. The second kappa shape index (κ2) is 8.13. The predicted octanol–water partition coefficient (Wildman–Crippen LogP) is 5.52. The average molecular weight is 429 g/mol. The van der Waals surface area contributed by atoms with Gasteiger partial charge in [0.25, 0.3) is 12.9 Å². The number of rotatable bonds is 5. The number of hydrogen-bond acceptors (Lipinski definition) is 4. The summed E-state index contributed by atoms with van der Waals surface area (Å²) in [6.45, 7) is 1.32. The molecule has 0 atom stereocenters. The van der Waals surface area contributed by atoms with Gasteiger partial charge in [-0.2, -0.15) is 0 Å². The predicted molar refractivity (Wildman–Crippen MR) is 107 cm³/mol. The number of aromatic nitrogens is 4. The fraction of sp³-hybridized carbons (Fsp3) is 0.143. The molecule has 10 heteroatoms. The Balaban J connectivity index is 2.01. The molecule has 0 aliphatic heterocycles. The molecule has 0 spiro atoms. The highest BCUT2D eigenvalue weighted by atomic mass is 19.3. The Morgan fingerprint density at radius 1 is 1.03 bits per heavy atom. The topological polar surface area (TPSA) is 83.6 Å². The number of carbonyl (C=O) groups is 1. The van der Waals surface area contributed by atoms with E-state index in [1.54, 1.807) is 6.07 Å². The zero-order chi connectivity index (χ0) is 22.1.